The molecular formula is C9H16O2. The van der Waals surface area contributed by atoms with E-state index in [1.807, 2.05) is 0 Å². The monoisotopic (exact) mass is 156 g/mol. The van der Waals surface area contributed by atoms with Gasteiger partial charge in [-0.3, -0.25) is 0 Å². The van der Waals surface area contributed by atoms with E-state index in [1.165, 1.54) is 19.3 Å². The van der Waals surface area contributed by atoms with Gasteiger partial charge in [0.2, 0.25) is 0 Å². The summed E-state index contributed by atoms with van der Waals surface area (Å²) in [6, 6.07) is 0. The van der Waals surface area contributed by atoms with E-state index >= 15 is 0 Å². The second kappa shape index (κ2) is 2.76. The van der Waals surface area contributed by atoms with E-state index < -0.39 is 0 Å². The van der Waals surface area contributed by atoms with Crippen molar-refractivity contribution in [1.82, 2.24) is 0 Å². The van der Waals surface area contributed by atoms with Gasteiger partial charge in [-0.1, -0.05) is 0 Å². The SMILES string of the molecule is OCCC1CC12CCCOC2. The minimum absolute atomic E-state index is 0.354. The van der Waals surface area contributed by atoms with E-state index in [1.54, 1.807) is 0 Å². The highest BCUT2D eigenvalue weighted by Crippen LogP contribution is 2.58. The fourth-order valence-electron chi connectivity index (χ4n) is 2.35. The van der Waals surface area contributed by atoms with Crippen molar-refractivity contribution in [3.8, 4) is 0 Å². The van der Waals surface area contributed by atoms with Gasteiger partial charge in [-0.25, -0.2) is 0 Å². The van der Waals surface area contributed by atoms with Gasteiger partial charge in [0.05, 0.1) is 6.61 Å². The van der Waals surface area contributed by atoms with Crippen LogP contribution in [-0.4, -0.2) is 24.9 Å². The summed E-state index contributed by atoms with van der Waals surface area (Å²) in [7, 11) is 0. The molecule has 0 bridgehead atoms. The highest BCUT2D eigenvalue weighted by Gasteiger charge is 2.53. The van der Waals surface area contributed by atoms with Crippen molar-refractivity contribution in [2.24, 2.45) is 11.3 Å². The highest BCUT2D eigenvalue weighted by molar-refractivity contribution is 5.02. The molecule has 11 heavy (non-hydrogen) atoms. The number of ether oxygens (including phenoxy) is 1. The third-order valence-corrected chi connectivity index (χ3v) is 3.19. The van der Waals surface area contributed by atoms with Crippen LogP contribution in [0.2, 0.25) is 0 Å². The van der Waals surface area contributed by atoms with Crippen LogP contribution in [0.3, 0.4) is 0 Å². The molecule has 0 aromatic rings. The molecule has 1 aliphatic carbocycles. The molecule has 1 aliphatic heterocycles. The lowest BCUT2D eigenvalue weighted by Gasteiger charge is -2.22. The van der Waals surface area contributed by atoms with Gasteiger partial charge >= 0.3 is 0 Å². The minimum Gasteiger partial charge on any atom is -0.396 e. The van der Waals surface area contributed by atoms with Crippen molar-refractivity contribution in [1.29, 1.82) is 0 Å². The van der Waals surface area contributed by atoms with Crippen molar-refractivity contribution < 1.29 is 9.84 Å². The van der Waals surface area contributed by atoms with Crippen LogP contribution in [0.15, 0.2) is 0 Å². The van der Waals surface area contributed by atoms with E-state index in [2.05, 4.69) is 0 Å². The zero-order chi connectivity index (χ0) is 7.73. The summed E-state index contributed by atoms with van der Waals surface area (Å²) in [6.07, 6.45) is 4.84. The van der Waals surface area contributed by atoms with Crippen molar-refractivity contribution in [3.63, 3.8) is 0 Å². The smallest absolute Gasteiger partial charge is 0.0525 e. The molecule has 2 nitrogen and oxygen atoms in total. The standard InChI is InChI=1S/C9H16O2/c10-4-2-8-6-9(8)3-1-5-11-7-9/h8,10H,1-7H2. The lowest BCUT2D eigenvalue weighted by molar-refractivity contribution is 0.0345. The Morgan fingerprint density at radius 3 is 3.09 bits per heavy atom. The average Bonchev–Trinajstić information content (AvgIpc) is 2.66. The number of rotatable bonds is 2. The van der Waals surface area contributed by atoms with Crippen molar-refractivity contribution in [2.45, 2.75) is 25.7 Å². The Labute approximate surface area is 67.6 Å². The molecule has 1 saturated carbocycles. The largest absolute Gasteiger partial charge is 0.396 e. The first-order valence-electron chi connectivity index (χ1n) is 4.56. The molecular weight excluding hydrogens is 140 g/mol. The van der Waals surface area contributed by atoms with Crippen LogP contribution in [0.1, 0.15) is 25.7 Å². The summed E-state index contributed by atoms with van der Waals surface area (Å²) >= 11 is 0. The molecule has 2 unspecified atom stereocenters. The van der Waals surface area contributed by atoms with Crippen molar-refractivity contribution in [3.05, 3.63) is 0 Å². The topological polar surface area (TPSA) is 29.5 Å². The number of hydrogen-bond acceptors (Lipinski definition) is 2. The Morgan fingerprint density at radius 1 is 1.55 bits per heavy atom. The first-order chi connectivity index (χ1) is 5.37. The Kier molecular flexibility index (Phi) is 1.90. The van der Waals surface area contributed by atoms with Gasteiger partial charge in [-0.15, -0.1) is 0 Å². The predicted octanol–water partition coefficient (Wildman–Crippen LogP) is 1.19. The molecule has 0 radical (unpaired) electrons. The Bertz CT molecular complexity index is 138. The lowest BCUT2D eigenvalue weighted by atomic mass is 9.95. The summed E-state index contributed by atoms with van der Waals surface area (Å²) < 4.78 is 5.44. The predicted molar refractivity (Wildman–Crippen MR) is 42.3 cm³/mol. The van der Waals surface area contributed by atoms with Gasteiger partial charge in [0.1, 0.15) is 0 Å². The minimum atomic E-state index is 0.354. The molecule has 2 fully saturated rings. The van der Waals surface area contributed by atoms with E-state index in [0.717, 1.165) is 25.6 Å². The summed E-state index contributed by atoms with van der Waals surface area (Å²) in [5.74, 6) is 0.771. The summed E-state index contributed by atoms with van der Waals surface area (Å²) in [6.45, 7) is 2.26. The summed E-state index contributed by atoms with van der Waals surface area (Å²) in [5, 5.41) is 8.75. The van der Waals surface area contributed by atoms with Gasteiger partial charge < -0.3 is 9.84 Å². The zero-order valence-electron chi connectivity index (χ0n) is 6.88. The zero-order valence-corrected chi connectivity index (χ0v) is 6.88. The van der Waals surface area contributed by atoms with E-state index in [0.29, 0.717) is 12.0 Å². The molecule has 0 amide bonds. The molecule has 1 heterocycles. The molecule has 1 N–H and O–H groups in total. The molecule has 0 aromatic heterocycles. The van der Waals surface area contributed by atoms with Crippen LogP contribution in [0.5, 0.6) is 0 Å². The van der Waals surface area contributed by atoms with E-state index in [9.17, 15) is 0 Å². The fraction of sp³-hybridized carbons (Fsp3) is 1.00. The Balaban J connectivity index is 1.84. The second-order valence-electron chi connectivity index (χ2n) is 3.93. The summed E-state index contributed by atoms with van der Waals surface area (Å²) in [5.41, 5.74) is 0.515. The van der Waals surface area contributed by atoms with Gasteiger partial charge in [-0.2, -0.15) is 0 Å². The van der Waals surface area contributed by atoms with Gasteiger partial charge in [-0.05, 0) is 37.0 Å². The third-order valence-electron chi connectivity index (χ3n) is 3.19. The maximum atomic E-state index is 8.75. The number of hydrogen-bond donors (Lipinski definition) is 1. The fourth-order valence-corrected chi connectivity index (χ4v) is 2.35. The second-order valence-corrected chi connectivity index (χ2v) is 3.93. The van der Waals surface area contributed by atoms with Gasteiger partial charge in [0.25, 0.3) is 0 Å². The molecule has 2 rings (SSSR count). The first kappa shape index (κ1) is 7.56. The normalized spacial score (nSPS) is 42.8. The third kappa shape index (κ3) is 1.30. The van der Waals surface area contributed by atoms with Gasteiger partial charge in [0, 0.05) is 13.2 Å². The summed E-state index contributed by atoms with van der Waals surface area (Å²) in [4.78, 5) is 0. The van der Waals surface area contributed by atoms with Crippen LogP contribution in [0.4, 0.5) is 0 Å². The maximum absolute atomic E-state index is 8.75. The molecule has 0 aromatic carbocycles. The van der Waals surface area contributed by atoms with E-state index in [4.69, 9.17) is 9.84 Å². The number of aliphatic hydroxyl groups is 1. The van der Waals surface area contributed by atoms with E-state index in [-0.39, 0.29) is 0 Å². The highest BCUT2D eigenvalue weighted by atomic mass is 16.5. The van der Waals surface area contributed by atoms with Crippen LogP contribution < -0.4 is 0 Å². The molecule has 2 heteroatoms. The molecule has 1 saturated heterocycles. The van der Waals surface area contributed by atoms with Gasteiger partial charge in [0.15, 0.2) is 0 Å². The maximum Gasteiger partial charge on any atom is 0.0525 e. The van der Waals surface area contributed by atoms with Crippen molar-refractivity contribution in [2.75, 3.05) is 19.8 Å². The quantitative estimate of drug-likeness (QED) is 0.650. The first-order valence-corrected chi connectivity index (χ1v) is 4.56. The van der Waals surface area contributed by atoms with Crippen molar-refractivity contribution >= 4 is 0 Å². The average molecular weight is 156 g/mol. The van der Waals surface area contributed by atoms with Crippen LogP contribution >= 0.6 is 0 Å². The lowest BCUT2D eigenvalue weighted by Crippen LogP contribution is -2.20. The molecule has 2 aliphatic rings. The van der Waals surface area contributed by atoms with Crippen LogP contribution in [0, 0.1) is 11.3 Å². The molecule has 2 atom stereocenters. The van der Waals surface area contributed by atoms with Crippen LogP contribution in [0.25, 0.3) is 0 Å². The Morgan fingerprint density at radius 2 is 2.45 bits per heavy atom. The molecule has 1 spiro atoms. The molecule has 64 valence electrons. The van der Waals surface area contributed by atoms with Crippen LogP contribution in [-0.2, 0) is 4.74 Å². The Hall–Kier alpha value is -0.0800. The number of aliphatic hydroxyl groups excluding tert-OH is 1.